The Morgan fingerprint density at radius 2 is 2.29 bits per heavy atom. The topological polar surface area (TPSA) is 63.0 Å². The Balaban J connectivity index is 2.58. The van der Waals surface area contributed by atoms with Gasteiger partial charge in [-0.15, -0.1) is 5.10 Å². The van der Waals surface area contributed by atoms with Crippen LogP contribution in [0, 0.1) is 0 Å². The van der Waals surface area contributed by atoms with E-state index in [0.717, 1.165) is 18.8 Å². The van der Waals surface area contributed by atoms with Crippen molar-refractivity contribution in [2.75, 3.05) is 6.54 Å². The molecule has 0 amide bonds. The zero-order valence-electron chi connectivity index (χ0n) is 8.94. The third-order valence-electron chi connectivity index (χ3n) is 2.23. The van der Waals surface area contributed by atoms with Gasteiger partial charge in [0.1, 0.15) is 0 Å². The molecule has 0 saturated carbocycles. The first kappa shape index (κ1) is 11.1. The highest BCUT2D eigenvalue weighted by atomic mass is 16.3. The van der Waals surface area contributed by atoms with Gasteiger partial charge in [-0.2, -0.15) is 0 Å². The minimum atomic E-state index is -0.413. The van der Waals surface area contributed by atoms with Gasteiger partial charge in [0, 0.05) is 6.54 Å². The summed E-state index contributed by atoms with van der Waals surface area (Å²) in [6.45, 7) is 7.34. The quantitative estimate of drug-likeness (QED) is 0.715. The second-order valence-electron chi connectivity index (χ2n) is 3.45. The van der Waals surface area contributed by atoms with Gasteiger partial charge < -0.3 is 10.4 Å². The van der Waals surface area contributed by atoms with Gasteiger partial charge in [0.2, 0.25) is 0 Å². The van der Waals surface area contributed by atoms with Crippen LogP contribution in [0.2, 0.25) is 0 Å². The Morgan fingerprint density at radius 3 is 2.86 bits per heavy atom. The van der Waals surface area contributed by atoms with Crippen LogP contribution in [0.3, 0.4) is 0 Å². The molecule has 0 bridgehead atoms. The van der Waals surface area contributed by atoms with E-state index in [0.29, 0.717) is 0 Å². The average Bonchev–Trinajstić information content (AvgIpc) is 2.61. The molecular formula is C9H18N4O. The molecule has 0 aliphatic heterocycles. The largest absolute Gasteiger partial charge is 0.391 e. The predicted octanol–water partition coefficient (Wildman–Crippen LogP) is 0.329. The highest BCUT2D eigenvalue weighted by molar-refractivity contribution is 4.92. The van der Waals surface area contributed by atoms with Crippen molar-refractivity contribution in [1.82, 2.24) is 20.3 Å². The minimum Gasteiger partial charge on any atom is -0.391 e. The standard InChI is InChI=1S/C9H18N4O/c1-4-10-5-9-6-13(12-11-9)7(2)8(3)14/h6-8,10,14H,4-5H2,1-3H3. The molecule has 0 spiro atoms. The summed E-state index contributed by atoms with van der Waals surface area (Å²) in [6.07, 6.45) is 1.45. The van der Waals surface area contributed by atoms with E-state index in [4.69, 9.17) is 0 Å². The normalized spacial score (nSPS) is 15.4. The molecule has 0 fully saturated rings. The maximum atomic E-state index is 9.36. The molecule has 0 saturated heterocycles. The van der Waals surface area contributed by atoms with Gasteiger partial charge in [0.05, 0.1) is 24.0 Å². The summed E-state index contributed by atoms with van der Waals surface area (Å²) in [5.74, 6) is 0. The van der Waals surface area contributed by atoms with Crippen molar-refractivity contribution in [3.63, 3.8) is 0 Å². The molecule has 0 radical (unpaired) electrons. The molecule has 2 N–H and O–H groups in total. The molecule has 80 valence electrons. The van der Waals surface area contributed by atoms with Gasteiger partial charge in [0.15, 0.2) is 0 Å². The summed E-state index contributed by atoms with van der Waals surface area (Å²) in [4.78, 5) is 0. The maximum Gasteiger partial charge on any atom is 0.0964 e. The van der Waals surface area contributed by atoms with Gasteiger partial charge >= 0.3 is 0 Å². The van der Waals surface area contributed by atoms with Crippen LogP contribution in [-0.4, -0.2) is 32.7 Å². The van der Waals surface area contributed by atoms with Crippen LogP contribution in [0.1, 0.15) is 32.5 Å². The zero-order valence-corrected chi connectivity index (χ0v) is 8.94. The highest BCUT2D eigenvalue weighted by Gasteiger charge is 2.12. The minimum absolute atomic E-state index is 0.0297. The molecule has 0 aliphatic rings. The van der Waals surface area contributed by atoms with Crippen LogP contribution in [0.25, 0.3) is 0 Å². The van der Waals surface area contributed by atoms with E-state index in [1.54, 1.807) is 11.6 Å². The molecule has 0 aromatic carbocycles. The SMILES string of the molecule is CCNCc1cn(C(C)C(C)O)nn1. The lowest BCUT2D eigenvalue weighted by Crippen LogP contribution is -2.18. The Hall–Kier alpha value is -0.940. The first-order valence-corrected chi connectivity index (χ1v) is 4.94. The van der Waals surface area contributed by atoms with Crippen molar-refractivity contribution in [3.8, 4) is 0 Å². The van der Waals surface area contributed by atoms with Crippen LogP contribution in [0.5, 0.6) is 0 Å². The summed E-state index contributed by atoms with van der Waals surface area (Å²) < 4.78 is 1.69. The molecule has 1 heterocycles. The lowest BCUT2D eigenvalue weighted by atomic mass is 10.2. The van der Waals surface area contributed by atoms with E-state index < -0.39 is 6.10 Å². The van der Waals surface area contributed by atoms with E-state index in [-0.39, 0.29) is 6.04 Å². The zero-order chi connectivity index (χ0) is 10.6. The molecular weight excluding hydrogens is 180 g/mol. The van der Waals surface area contributed by atoms with Crippen LogP contribution < -0.4 is 5.32 Å². The lowest BCUT2D eigenvalue weighted by molar-refractivity contribution is 0.131. The number of hydrogen-bond acceptors (Lipinski definition) is 4. The Labute approximate surface area is 84.1 Å². The number of aromatic nitrogens is 3. The molecule has 5 heteroatoms. The molecule has 1 rings (SSSR count). The van der Waals surface area contributed by atoms with Gasteiger partial charge in [-0.05, 0) is 20.4 Å². The molecule has 5 nitrogen and oxygen atoms in total. The number of aliphatic hydroxyl groups is 1. The average molecular weight is 198 g/mol. The first-order chi connectivity index (χ1) is 6.65. The monoisotopic (exact) mass is 198 g/mol. The number of aliphatic hydroxyl groups excluding tert-OH is 1. The second kappa shape index (κ2) is 5.07. The van der Waals surface area contributed by atoms with Crippen molar-refractivity contribution >= 4 is 0 Å². The molecule has 2 unspecified atom stereocenters. The van der Waals surface area contributed by atoms with E-state index in [9.17, 15) is 5.11 Å². The molecule has 1 aromatic heterocycles. The highest BCUT2D eigenvalue weighted by Crippen LogP contribution is 2.08. The second-order valence-corrected chi connectivity index (χ2v) is 3.45. The molecule has 0 aliphatic carbocycles. The van der Waals surface area contributed by atoms with E-state index in [2.05, 4.69) is 15.6 Å². The Morgan fingerprint density at radius 1 is 1.57 bits per heavy atom. The lowest BCUT2D eigenvalue weighted by Gasteiger charge is -2.13. The fourth-order valence-electron chi connectivity index (χ4n) is 1.07. The van der Waals surface area contributed by atoms with Gasteiger partial charge in [-0.1, -0.05) is 12.1 Å². The smallest absolute Gasteiger partial charge is 0.0964 e. The van der Waals surface area contributed by atoms with Crippen molar-refractivity contribution in [1.29, 1.82) is 0 Å². The third-order valence-corrected chi connectivity index (χ3v) is 2.23. The van der Waals surface area contributed by atoms with Crippen molar-refractivity contribution in [2.24, 2.45) is 0 Å². The fraction of sp³-hybridized carbons (Fsp3) is 0.778. The van der Waals surface area contributed by atoms with E-state index in [1.807, 2.05) is 20.0 Å². The summed E-state index contributed by atoms with van der Waals surface area (Å²) in [5, 5.41) is 20.5. The van der Waals surface area contributed by atoms with Gasteiger partial charge in [-0.3, -0.25) is 0 Å². The third kappa shape index (κ3) is 2.78. The van der Waals surface area contributed by atoms with E-state index >= 15 is 0 Å². The summed E-state index contributed by atoms with van der Waals surface area (Å²) in [7, 11) is 0. The Kier molecular flexibility index (Phi) is 4.03. The van der Waals surface area contributed by atoms with Gasteiger partial charge in [-0.25, -0.2) is 4.68 Å². The number of hydrogen-bond donors (Lipinski definition) is 2. The van der Waals surface area contributed by atoms with E-state index in [1.165, 1.54) is 0 Å². The van der Waals surface area contributed by atoms with Crippen LogP contribution >= 0.6 is 0 Å². The predicted molar refractivity (Wildman–Crippen MR) is 53.8 cm³/mol. The number of rotatable bonds is 5. The van der Waals surface area contributed by atoms with Gasteiger partial charge in [0.25, 0.3) is 0 Å². The van der Waals surface area contributed by atoms with Crippen molar-refractivity contribution < 1.29 is 5.11 Å². The molecule has 1 aromatic rings. The molecule has 2 atom stereocenters. The Bertz CT molecular complexity index is 272. The summed E-state index contributed by atoms with van der Waals surface area (Å²) in [6, 6.07) is -0.0297. The van der Waals surface area contributed by atoms with Crippen molar-refractivity contribution in [3.05, 3.63) is 11.9 Å². The van der Waals surface area contributed by atoms with Crippen molar-refractivity contribution in [2.45, 2.75) is 39.5 Å². The number of nitrogens with zero attached hydrogens (tertiary/aromatic N) is 3. The maximum absolute atomic E-state index is 9.36. The van der Waals surface area contributed by atoms with Crippen LogP contribution in [0.15, 0.2) is 6.20 Å². The van der Waals surface area contributed by atoms with Crippen LogP contribution in [0.4, 0.5) is 0 Å². The fourth-order valence-corrected chi connectivity index (χ4v) is 1.07. The molecule has 14 heavy (non-hydrogen) atoms. The first-order valence-electron chi connectivity index (χ1n) is 4.94. The summed E-state index contributed by atoms with van der Waals surface area (Å²) >= 11 is 0. The summed E-state index contributed by atoms with van der Waals surface area (Å²) in [5.41, 5.74) is 0.902. The van der Waals surface area contributed by atoms with Crippen LogP contribution in [-0.2, 0) is 6.54 Å². The number of nitrogens with one attached hydrogen (secondary N) is 1.